The summed E-state index contributed by atoms with van der Waals surface area (Å²) in [4.78, 5) is 0.133. The lowest BCUT2D eigenvalue weighted by molar-refractivity contribution is 0.413. The lowest BCUT2D eigenvalue weighted by Gasteiger charge is -2.07. The second-order valence-corrected chi connectivity index (χ2v) is 5.57. The van der Waals surface area contributed by atoms with Gasteiger partial charge in [0.1, 0.15) is 16.4 Å². The molecule has 0 amide bonds. The predicted octanol–water partition coefficient (Wildman–Crippen LogP) is 3.39. The molecule has 20 heavy (non-hydrogen) atoms. The summed E-state index contributed by atoms with van der Waals surface area (Å²) in [6.07, 6.45) is 0. The first-order valence-corrected chi connectivity index (χ1v) is 7.07. The standard InChI is InChI=1S/C14H14O4S.HI/c1-11-3-9-14(10-4-11)19(15,16)18-13-7-5-12(17-2)6-8-13;/h3-10H,1-2H3;1H. The van der Waals surface area contributed by atoms with Crippen LogP contribution in [0.1, 0.15) is 5.56 Å². The van der Waals surface area contributed by atoms with Crippen LogP contribution in [0.15, 0.2) is 53.4 Å². The number of aryl methyl sites for hydroxylation is 1. The monoisotopic (exact) mass is 406 g/mol. The van der Waals surface area contributed by atoms with E-state index in [4.69, 9.17) is 8.92 Å². The zero-order valence-corrected chi connectivity index (χ0v) is 14.2. The van der Waals surface area contributed by atoms with E-state index in [1.54, 1.807) is 43.5 Å². The maximum Gasteiger partial charge on any atom is 0.339 e. The van der Waals surface area contributed by atoms with E-state index in [0.717, 1.165) is 5.56 Å². The van der Waals surface area contributed by atoms with Gasteiger partial charge in [0.2, 0.25) is 0 Å². The Bertz CT molecular complexity index is 649. The maximum atomic E-state index is 12.0. The minimum atomic E-state index is -3.79. The molecule has 0 N–H and O–H groups in total. The van der Waals surface area contributed by atoms with Gasteiger partial charge in [0.05, 0.1) is 7.11 Å². The molecule has 0 aliphatic rings. The summed E-state index contributed by atoms with van der Waals surface area (Å²) in [5.74, 6) is 0.890. The van der Waals surface area contributed by atoms with E-state index in [-0.39, 0.29) is 34.6 Å². The van der Waals surface area contributed by atoms with E-state index in [1.807, 2.05) is 6.92 Å². The van der Waals surface area contributed by atoms with Gasteiger partial charge in [-0.3, -0.25) is 0 Å². The fourth-order valence-electron chi connectivity index (χ4n) is 1.51. The number of rotatable bonds is 4. The number of hydrogen-bond acceptors (Lipinski definition) is 4. The Labute approximate surface area is 135 Å². The molecule has 0 saturated carbocycles. The Morgan fingerprint density at radius 3 is 1.85 bits per heavy atom. The normalized spacial score (nSPS) is 10.5. The summed E-state index contributed by atoms with van der Waals surface area (Å²) < 4.78 is 34.1. The Morgan fingerprint density at radius 1 is 0.850 bits per heavy atom. The number of hydrogen-bond donors (Lipinski definition) is 0. The van der Waals surface area contributed by atoms with Gasteiger partial charge in [-0.1, -0.05) is 17.7 Å². The van der Waals surface area contributed by atoms with Gasteiger partial charge >= 0.3 is 10.1 Å². The molecule has 0 atom stereocenters. The zero-order valence-electron chi connectivity index (χ0n) is 11.1. The van der Waals surface area contributed by atoms with Crippen molar-refractivity contribution in [3.8, 4) is 11.5 Å². The van der Waals surface area contributed by atoms with Crippen molar-refractivity contribution in [2.45, 2.75) is 11.8 Å². The highest BCUT2D eigenvalue weighted by Gasteiger charge is 2.16. The number of benzene rings is 2. The zero-order chi connectivity index (χ0) is 13.9. The van der Waals surface area contributed by atoms with Gasteiger partial charge in [-0.15, -0.1) is 24.0 Å². The fraction of sp³-hybridized carbons (Fsp3) is 0.143. The molecule has 108 valence electrons. The summed E-state index contributed by atoms with van der Waals surface area (Å²) in [5.41, 5.74) is 0.989. The van der Waals surface area contributed by atoms with Crippen molar-refractivity contribution >= 4 is 34.1 Å². The largest absolute Gasteiger partial charge is 0.497 e. The number of ether oxygens (including phenoxy) is 1. The van der Waals surface area contributed by atoms with E-state index in [1.165, 1.54) is 12.1 Å². The van der Waals surface area contributed by atoms with E-state index in [2.05, 4.69) is 0 Å². The van der Waals surface area contributed by atoms with Crippen LogP contribution in [0.3, 0.4) is 0 Å². The van der Waals surface area contributed by atoms with Crippen LogP contribution in [0.4, 0.5) is 0 Å². The molecular formula is C14H15IO4S. The Balaban J connectivity index is 0.00000200. The molecule has 0 aromatic heterocycles. The van der Waals surface area contributed by atoms with Crippen molar-refractivity contribution < 1.29 is 17.3 Å². The molecular weight excluding hydrogens is 391 g/mol. The summed E-state index contributed by atoms with van der Waals surface area (Å²) >= 11 is 0. The van der Waals surface area contributed by atoms with Crippen molar-refractivity contribution in [1.29, 1.82) is 0 Å². The van der Waals surface area contributed by atoms with Crippen LogP contribution in [0.2, 0.25) is 0 Å². The second-order valence-electron chi connectivity index (χ2n) is 4.03. The van der Waals surface area contributed by atoms with Crippen LogP contribution in [-0.2, 0) is 10.1 Å². The van der Waals surface area contributed by atoms with E-state index in [0.29, 0.717) is 5.75 Å². The molecule has 0 saturated heterocycles. The fourth-order valence-corrected chi connectivity index (χ4v) is 2.44. The Kier molecular flexibility index (Phi) is 5.82. The van der Waals surface area contributed by atoms with Crippen molar-refractivity contribution in [2.75, 3.05) is 7.11 Å². The molecule has 2 aromatic carbocycles. The first-order valence-electron chi connectivity index (χ1n) is 5.66. The Hall–Kier alpha value is -1.28. The molecule has 2 rings (SSSR count). The summed E-state index contributed by atoms with van der Waals surface area (Å²) in [7, 11) is -2.25. The topological polar surface area (TPSA) is 52.6 Å². The van der Waals surface area contributed by atoms with Crippen molar-refractivity contribution in [3.05, 3.63) is 54.1 Å². The highest BCUT2D eigenvalue weighted by atomic mass is 127. The molecule has 0 bridgehead atoms. The van der Waals surface area contributed by atoms with Crippen LogP contribution in [0, 0.1) is 6.92 Å². The van der Waals surface area contributed by atoms with E-state index in [9.17, 15) is 8.42 Å². The van der Waals surface area contributed by atoms with Crippen molar-refractivity contribution in [1.82, 2.24) is 0 Å². The third kappa shape index (κ3) is 4.11. The van der Waals surface area contributed by atoms with Crippen molar-refractivity contribution in [2.24, 2.45) is 0 Å². The predicted molar refractivity (Wildman–Crippen MR) is 87.4 cm³/mol. The molecule has 0 unspecified atom stereocenters. The van der Waals surface area contributed by atoms with Crippen LogP contribution < -0.4 is 8.92 Å². The first kappa shape index (κ1) is 16.8. The molecule has 0 aliphatic carbocycles. The third-order valence-corrected chi connectivity index (χ3v) is 3.84. The summed E-state index contributed by atoms with van der Waals surface area (Å²) in [5, 5.41) is 0. The number of methoxy groups -OCH3 is 1. The van der Waals surface area contributed by atoms with E-state index < -0.39 is 10.1 Å². The summed E-state index contributed by atoms with van der Waals surface area (Å²) in [6.45, 7) is 1.89. The second kappa shape index (κ2) is 6.94. The summed E-state index contributed by atoms with van der Waals surface area (Å²) in [6, 6.07) is 12.9. The number of halogens is 1. The average Bonchev–Trinajstić information content (AvgIpc) is 2.40. The lowest BCUT2D eigenvalue weighted by atomic mass is 10.2. The van der Waals surface area contributed by atoms with Crippen LogP contribution >= 0.6 is 24.0 Å². The van der Waals surface area contributed by atoms with Gasteiger partial charge in [0, 0.05) is 0 Å². The quantitative estimate of drug-likeness (QED) is 0.577. The third-order valence-electron chi connectivity index (χ3n) is 2.58. The van der Waals surface area contributed by atoms with Gasteiger partial charge in [0.15, 0.2) is 0 Å². The van der Waals surface area contributed by atoms with E-state index >= 15 is 0 Å². The SMILES string of the molecule is COc1ccc(OS(=O)(=O)c2ccc(C)cc2)cc1.I. The lowest BCUT2D eigenvalue weighted by Crippen LogP contribution is -2.09. The van der Waals surface area contributed by atoms with Crippen LogP contribution in [-0.4, -0.2) is 15.5 Å². The molecule has 0 fully saturated rings. The van der Waals surface area contributed by atoms with Gasteiger partial charge < -0.3 is 8.92 Å². The van der Waals surface area contributed by atoms with Gasteiger partial charge in [-0.2, -0.15) is 8.42 Å². The first-order chi connectivity index (χ1) is 9.01. The molecule has 0 aliphatic heterocycles. The molecule has 0 spiro atoms. The minimum Gasteiger partial charge on any atom is -0.497 e. The van der Waals surface area contributed by atoms with Gasteiger partial charge in [-0.25, -0.2) is 0 Å². The highest BCUT2D eigenvalue weighted by molar-refractivity contribution is 14.0. The van der Waals surface area contributed by atoms with Gasteiger partial charge in [-0.05, 0) is 43.3 Å². The van der Waals surface area contributed by atoms with Gasteiger partial charge in [0.25, 0.3) is 0 Å². The highest BCUT2D eigenvalue weighted by Crippen LogP contribution is 2.21. The van der Waals surface area contributed by atoms with Crippen LogP contribution in [0.25, 0.3) is 0 Å². The maximum absolute atomic E-state index is 12.0. The Morgan fingerprint density at radius 2 is 1.35 bits per heavy atom. The molecule has 4 nitrogen and oxygen atoms in total. The molecule has 6 heteroatoms. The van der Waals surface area contributed by atoms with Crippen molar-refractivity contribution in [3.63, 3.8) is 0 Å². The molecule has 0 radical (unpaired) electrons. The smallest absolute Gasteiger partial charge is 0.339 e. The van der Waals surface area contributed by atoms with Crippen LogP contribution in [0.5, 0.6) is 11.5 Å². The average molecular weight is 406 g/mol. The molecule has 2 aromatic rings. The minimum absolute atomic E-state index is 0. The molecule has 0 heterocycles.